The Hall–Kier alpha value is -2.69. The van der Waals surface area contributed by atoms with Gasteiger partial charge in [-0.3, -0.25) is 4.79 Å². The number of ether oxygens (including phenoxy) is 1. The van der Waals surface area contributed by atoms with Gasteiger partial charge in [0.05, 0.1) is 18.5 Å². The van der Waals surface area contributed by atoms with Crippen LogP contribution in [0.4, 0.5) is 14.6 Å². The van der Waals surface area contributed by atoms with Gasteiger partial charge in [-0.1, -0.05) is 12.1 Å². The SMILES string of the molecule is [2H]C([2H])([2H])c1ccc([C@](O)(CO)C(F)F)cc1-c1cnc(N)c(C(=O)NC2CCOCC2)n1. The zero-order valence-electron chi connectivity index (χ0n) is 18.9. The molecule has 10 heteroatoms. The molecule has 1 atom stereocenters. The summed E-state index contributed by atoms with van der Waals surface area (Å²) in [6.07, 6.45) is -1.06. The molecule has 1 aromatic heterocycles. The van der Waals surface area contributed by atoms with Crippen molar-refractivity contribution in [2.24, 2.45) is 0 Å². The first kappa shape index (κ1) is 18.1. The summed E-state index contributed by atoms with van der Waals surface area (Å²) in [4.78, 5) is 20.8. The van der Waals surface area contributed by atoms with Gasteiger partial charge in [-0.25, -0.2) is 18.7 Å². The van der Waals surface area contributed by atoms with Crippen molar-refractivity contribution in [3.63, 3.8) is 0 Å². The number of nitrogens with two attached hydrogens (primary N) is 1. The van der Waals surface area contributed by atoms with Gasteiger partial charge in [-0.15, -0.1) is 0 Å². The van der Waals surface area contributed by atoms with Crippen LogP contribution in [-0.4, -0.2) is 58.4 Å². The Labute approximate surface area is 176 Å². The second-order valence-corrected chi connectivity index (χ2v) is 6.99. The van der Waals surface area contributed by atoms with Gasteiger partial charge in [0.2, 0.25) is 0 Å². The molecule has 2 aromatic rings. The number of alkyl halides is 2. The second kappa shape index (κ2) is 8.99. The Balaban J connectivity index is 2.08. The number of benzene rings is 1. The van der Waals surface area contributed by atoms with E-state index in [1.54, 1.807) is 0 Å². The van der Waals surface area contributed by atoms with E-state index in [1.807, 2.05) is 0 Å². The molecule has 2 heterocycles. The lowest BCUT2D eigenvalue weighted by Gasteiger charge is -2.26. The van der Waals surface area contributed by atoms with Gasteiger partial charge in [0.25, 0.3) is 12.3 Å². The van der Waals surface area contributed by atoms with E-state index in [0.29, 0.717) is 26.1 Å². The normalized spacial score (nSPS) is 18.9. The van der Waals surface area contributed by atoms with Crippen LogP contribution < -0.4 is 11.1 Å². The number of aryl methyl sites for hydroxylation is 1. The summed E-state index contributed by atoms with van der Waals surface area (Å²) in [6.45, 7) is -3.01. The van der Waals surface area contributed by atoms with Crippen LogP contribution in [0.2, 0.25) is 0 Å². The minimum absolute atomic E-state index is 0.121. The highest BCUT2D eigenvalue weighted by Crippen LogP contribution is 2.32. The Kier molecular flexibility index (Phi) is 5.42. The average Bonchev–Trinajstić information content (AvgIpc) is 2.78. The Morgan fingerprint density at radius 3 is 2.83 bits per heavy atom. The van der Waals surface area contributed by atoms with Gasteiger partial charge in [0, 0.05) is 28.9 Å². The third-order valence-electron chi connectivity index (χ3n) is 4.97. The molecule has 1 aliphatic heterocycles. The smallest absolute Gasteiger partial charge is 0.273 e. The van der Waals surface area contributed by atoms with Crippen molar-refractivity contribution < 1.29 is 32.6 Å². The average molecular weight is 425 g/mol. The van der Waals surface area contributed by atoms with Crippen molar-refractivity contribution in [1.29, 1.82) is 0 Å². The highest BCUT2D eigenvalue weighted by atomic mass is 19.3. The predicted octanol–water partition coefficient (Wildman–Crippen LogP) is 1.39. The van der Waals surface area contributed by atoms with Crippen LogP contribution in [0.5, 0.6) is 0 Å². The summed E-state index contributed by atoms with van der Waals surface area (Å²) >= 11 is 0. The van der Waals surface area contributed by atoms with E-state index < -0.39 is 37.0 Å². The van der Waals surface area contributed by atoms with Crippen molar-refractivity contribution >= 4 is 11.7 Å². The van der Waals surface area contributed by atoms with E-state index in [1.165, 1.54) is 0 Å². The van der Waals surface area contributed by atoms with Gasteiger partial charge >= 0.3 is 0 Å². The molecule has 30 heavy (non-hydrogen) atoms. The molecule has 5 N–H and O–H groups in total. The van der Waals surface area contributed by atoms with E-state index in [4.69, 9.17) is 14.6 Å². The maximum atomic E-state index is 13.5. The lowest BCUT2D eigenvalue weighted by molar-refractivity contribution is -0.129. The first-order chi connectivity index (χ1) is 15.5. The summed E-state index contributed by atoms with van der Waals surface area (Å²) in [5.74, 6) is -0.825. The number of hydrogen-bond donors (Lipinski definition) is 4. The van der Waals surface area contributed by atoms with Crippen LogP contribution in [0, 0.1) is 6.85 Å². The lowest BCUT2D eigenvalue weighted by atomic mass is 9.91. The molecule has 0 bridgehead atoms. The molecule has 0 saturated carbocycles. The fourth-order valence-corrected chi connectivity index (χ4v) is 3.10. The van der Waals surface area contributed by atoms with Gasteiger partial charge in [0.15, 0.2) is 17.1 Å². The van der Waals surface area contributed by atoms with Crippen LogP contribution >= 0.6 is 0 Å². The van der Waals surface area contributed by atoms with Gasteiger partial charge in [-0.05, 0) is 36.9 Å². The van der Waals surface area contributed by atoms with Crippen LogP contribution in [0.25, 0.3) is 11.3 Å². The minimum atomic E-state index is -3.35. The molecule has 1 amide bonds. The van der Waals surface area contributed by atoms with Crippen molar-refractivity contribution in [1.82, 2.24) is 15.3 Å². The van der Waals surface area contributed by atoms with Crippen molar-refractivity contribution in [2.75, 3.05) is 25.6 Å². The number of rotatable bonds is 6. The summed E-state index contributed by atoms with van der Waals surface area (Å²) in [5.41, 5.74) is 1.66. The van der Waals surface area contributed by atoms with E-state index >= 15 is 0 Å². The molecule has 0 spiro atoms. The van der Waals surface area contributed by atoms with E-state index in [2.05, 4.69) is 15.3 Å². The van der Waals surface area contributed by atoms with Crippen LogP contribution in [0.15, 0.2) is 24.4 Å². The largest absolute Gasteiger partial charge is 0.393 e. The summed E-state index contributed by atoms with van der Waals surface area (Å²) in [6, 6.07) is 2.87. The van der Waals surface area contributed by atoms with Gasteiger partial charge in [-0.2, -0.15) is 0 Å². The number of aliphatic hydroxyl groups excluding tert-OH is 1. The molecule has 1 aromatic carbocycles. The summed E-state index contributed by atoms with van der Waals surface area (Å²) < 4.78 is 55.5. The first-order valence-electron chi connectivity index (χ1n) is 10.7. The number of amides is 1. The monoisotopic (exact) mass is 425 g/mol. The first-order valence-corrected chi connectivity index (χ1v) is 9.25. The second-order valence-electron chi connectivity index (χ2n) is 6.99. The van der Waals surface area contributed by atoms with Crippen LogP contribution in [-0.2, 0) is 10.3 Å². The van der Waals surface area contributed by atoms with E-state index in [0.717, 1.165) is 24.4 Å². The number of nitrogens with one attached hydrogen (secondary N) is 1. The van der Waals surface area contributed by atoms with Gasteiger partial charge < -0.3 is 26.0 Å². The van der Waals surface area contributed by atoms with Crippen molar-refractivity contribution in [2.45, 2.75) is 37.8 Å². The third-order valence-corrected chi connectivity index (χ3v) is 4.97. The predicted molar refractivity (Wildman–Crippen MR) is 105 cm³/mol. The quantitative estimate of drug-likeness (QED) is 0.550. The topological polar surface area (TPSA) is 131 Å². The zero-order valence-corrected chi connectivity index (χ0v) is 15.9. The maximum Gasteiger partial charge on any atom is 0.273 e. The fraction of sp³-hybridized carbons (Fsp3) is 0.450. The Morgan fingerprint density at radius 2 is 2.20 bits per heavy atom. The molecule has 1 fully saturated rings. The number of aliphatic hydroxyl groups is 2. The van der Waals surface area contributed by atoms with Crippen molar-refractivity contribution in [3.8, 4) is 11.3 Å². The molecule has 0 radical (unpaired) electrons. The number of aromatic nitrogens is 2. The Morgan fingerprint density at radius 1 is 1.47 bits per heavy atom. The molecule has 0 unspecified atom stereocenters. The molecule has 0 aliphatic carbocycles. The van der Waals surface area contributed by atoms with Crippen LogP contribution in [0.1, 0.15) is 38.6 Å². The standard InChI is InChI=1S/C20H24F2N4O4/c1-11-2-3-12(20(29,10-27)19(21)22)8-14(11)15-9-24-17(23)16(26-15)18(28)25-13-4-6-30-7-5-13/h2-3,8-9,13,19,27,29H,4-7,10H2,1H3,(H2,23,24)(H,25,28)/t20-/m1/s1/i1D3. The molecule has 1 aliphatic rings. The highest BCUT2D eigenvalue weighted by Gasteiger charge is 2.39. The number of carbonyl (C=O) groups is 1. The lowest BCUT2D eigenvalue weighted by Crippen LogP contribution is -2.39. The molecular weight excluding hydrogens is 398 g/mol. The zero-order chi connectivity index (χ0) is 24.4. The van der Waals surface area contributed by atoms with Crippen molar-refractivity contribution in [3.05, 3.63) is 41.2 Å². The highest BCUT2D eigenvalue weighted by molar-refractivity contribution is 5.97. The summed E-state index contributed by atoms with van der Waals surface area (Å²) in [7, 11) is 0. The third kappa shape index (κ3) is 4.40. The number of carbonyl (C=O) groups excluding carboxylic acids is 1. The number of hydrogen-bond acceptors (Lipinski definition) is 7. The van der Waals surface area contributed by atoms with E-state index in [-0.39, 0.29) is 34.4 Å². The maximum absolute atomic E-state index is 13.5. The number of anilines is 1. The molecule has 8 nitrogen and oxygen atoms in total. The number of nitrogen functional groups attached to an aromatic ring is 1. The number of nitrogens with zero attached hydrogens (tertiary/aromatic N) is 2. The van der Waals surface area contributed by atoms with Gasteiger partial charge in [0.1, 0.15) is 0 Å². The molecular formula is C20H24F2N4O4. The Bertz CT molecular complexity index is 1020. The van der Waals surface area contributed by atoms with E-state index in [9.17, 15) is 23.8 Å². The molecule has 1 saturated heterocycles. The molecule has 3 rings (SSSR count). The minimum Gasteiger partial charge on any atom is -0.393 e. The summed E-state index contributed by atoms with van der Waals surface area (Å²) in [5, 5.41) is 22.4. The fourth-order valence-electron chi connectivity index (χ4n) is 3.10. The molecule has 162 valence electrons. The number of halogens is 2. The van der Waals surface area contributed by atoms with Crippen LogP contribution in [0.3, 0.4) is 0 Å².